The van der Waals surface area contributed by atoms with Crippen LogP contribution < -0.4 is 10.2 Å². The summed E-state index contributed by atoms with van der Waals surface area (Å²) in [5.41, 5.74) is 1.09. The number of hydrogen-bond donors (Lipinski definition) is 1. The third-order valence-corrected chi connectivity index (χ3v) is 5.29. The Hall–Kier alpha value is -3.62. The van der Waals surface area contributed by atoms with Crippen LogP contribution in [0.5, 0.6) is 0 Å². The molecule has 2 aromatic rings. The number of ether oxygens (including phenoxy) is 1. The highest BCUT2D eigenvalue weighted by molar-refractivity contribution is 5.86. The van der Waals surface area contributed by atoms with Crippen molar-refractivity contribution in [2.45, 2.75) is 38.8 Å². The molecule has 1 heterocycles. The molecule has 1 N–H and O–H groups in total. The minimum Gasteiger partial charge on any atom is -0.444 e. The molecule has 0 saturated carbocycles. The van der Waals surface area contributed by atoms with Crippen LogP contribution in [0.15, 0.2) is 54.6 Å². The zero-order valence-electron chi connectivity index (χ0n) is 19.2. The van der Waals surface area contributed by atoms with E-state index in [2.05, 4.69) is 10.2 Å². The maximum absolute atomic E-state index is 13.4. The zero-order valence-corrected chi connectivity index (χ0v) is 19.2. The molecule has 2 amide bonds. The number of piperazine rings is 1. The van der Waals surface area contributed by atoms with Crippen LogP contribution in [-0.2, 0) is 16.0 Å². The van der Waals surface area contributed by atoms with E-state index >= 15 is 0 Å². The van der Waals surface area contributed by atoms with Crippen molar-refractivity contribution >= 4 is 23.4 Å². The van der Waals surface area contributed by atoms with Gasteiger partial charge in [0.1, 0.15) is 11.6 Å². The topological polar surface area (TPSA) is 105 Å². The third kappa shape index (κ3) is 6.93. The summed E-state index contributed by atoms with van der Waals surface area (Å²) in [6.07, 6.45) is -0.472. The maximum atomic E-state index is 13.4. The van der Waals surface area contributed by atoms with Gasteiger partial charge in [0.25, 0.3) is 5.69 Å². The van der Waals surface area contributed by atoms with E-state index in [-0.39, 0.29) is 18.0 Å². The number of para-hydroxylation sites is 1. The number of anilines is 1. The highest BCUT2D eigenvalue weighted by Gasteiger charge is 2.30. The number of hydrogen-bond acceptors (Lipinski definition) is 6. The van der Waals surface area contributed by atoms with E-state index in [9.17, 15) is 19.7 Å². The normalized spacial score (nSPS) is 15.0. The van der Waals surface area contributed by atoms with Crippen LogP contribution in [0.25, 0.3) is 0 Å². The number of nitro groups is 1. The van der Waals surface area contributed by atoms with Crippen molar-refractivity contribution in [1.29, 1.82) is 0 Å². The van der Waals surface area contributed by atoms with Gasteiger partial charge >= 0.3 is 6.09 Å². The fourth-order valence-corrected chi connectivity index (χ4v) is 3.68. The van der Waals surface area contributed by atoms with Gasteiger partial charge < -0.3 is 19.9 Å². The second kappa shape index (κ2) is 10.3. The Labute approximate surface area is 193 Å². The van der Waals surface area contributed by atoms with Crippen LogP contribution in [0.4, 0.5) is 16.2 Å². The summed E-state index contributed by atoms with van der Waals surface area (Å²) in [7, 11) is 0. The SMILES string of the molecule is CC(C)(C)OC(=O)NC(Cc1ccc([N+](=O)[O-])cc1)C(=O)N1CCN(c2ccccc2)CC1. The maximum Gasteiger partial charge on any atom is 0.408 e. The molecule has 176 valence electrons. The largest absolute Gasteiger partial charge is 0.444 e. The molecule has 33 heavy (non-hydrogen) atoms. The standard InChI is InChI=1S/C24H30N4O5/c1-24(2,3)33-23(30)25-21(17-18-9-11-20(12-10-18)28(31)32)22(29)27-15-13-26(14-16-27)19-7-5-4-6-8-19/h4-12,21H,13-17H2,1-3H3,(H,25,30). The Bertz CT molecular complexity index is 965. The lowest BCUT2D eigenvalue weighted by atomic mass is 10.0. The van der Waals surface area contributed by atoms with Gasteiger partial charge in [-0.05, 0) is 38.5 Å². The van der Waals surface area contributed by atoms with Crippen LogP contribution in [0.3, 0.4) is 0 Å². The Balaban J connectivity index is 1.70. The van der Waals surface area contributed by atoms with Gasteiger partial charge in [-0.25, -0.2) is 4.79 Å². The number of nitrogens with one attached hydrogen (secondary N) is 1. The molecule has 1 aliphatic heterocycles. The molecule has 0 radical (unpaired) electrons. The summed E-state index contributed by atoms with van der Waals surface area (Å²) >= 11 is 0. The first kappa shape index (κ1) is 24.0. The van der Waals surface area contributed by atoms with Gasteiger partial charge in [-0.1, -0.05) is 30.3 Å². The summed E-state index contributed by atoms with van der Waals surface area (Å²) in [5, 5.41) is 13.6. The van der Waals surface area contributed by atoms with Gasteiger partial charge in [-0.2, -0.15) is 0 Å². The highest BCUT2D eigenvalue weighted by Crippen LogP contribution is 2.18. The first-order valence-corrected chi connectivity index (χ1v) is 10.9. The quantitative estimate of drug-likeness (QED) is 0.530. The molecule has 0 aliphatic carbocycles. The monoisotopic (exact) mass is 454 g/mol. The van der Waals surface area contributed by atoms with Crippen molar-refractivity contribution in [3.05, 3.63) is 70.3 Å². The predicted molar refractivity (Wildman–Crippen MR) is 125 cm³/mol. The van der Waals surface area contributed by atoms with E-state index in [1.165, 1.54) is 12.1 Å². The van der Waals surface area contributed by atoms with E-state index in [1.54, 1.807) is 37.8 Å². The summed E-state index contributed by atoms with van der Waals surface area (Å²) in [6, 6.07) is 15.2. The molecule has 1 aliphatic rings. The third-order valence-electron chi connectivity index (χ3n) is 5.29. The van der Waals surface area contributed by atoms with Crippen LogP contribution in [0, 0.1) is 10.1 Å². The van der Waals surface area contributed by atoms with E-state index < -0.39 is 22.7 Å². The lowest BCUT2D eigenvalue weighted by molar-refractivity contribution is -0.384. The minimum absolute atomic E-state index is 0.0289. The molecule has 1 atom stereocenters. The summed E-state index contributed by atoms with van der Waals surface area (Å²) in [5.74, 6) is -0.202. The predicted octanol–water partition coefficient (Wildman–Crippen LogP) is 3.38. The Morgan fingerprint density at radius 1 is 1.03 bits per heavy atom. The Morgan fingerprint density at radius 3 is 2.18 bits per heavy atom. The molecule has 3 rings (SSSR count). The number of carbonyl (C=O) groups excluding carboxylic acids is 2. The average molecular weight is 455 g/mol. The molecule has 0 aromatic heterocycles. The molecule has 0 bridgehead atoms. The van der Waals surface area contributed by atoms with Gasteiger partial charge in [0.2, 0.25) is 5.91 Å². The van der Waals surface area contributed by atoms with E-state index in [4.69, 9.17) is 4.74 Å². The fourth-order valence-electron chi connectivity index (χ4n) is 3.68. The molecule has 1 unspecified atom stereocenters. The Kier molecular flexibility index (Phi) is 7.52. The lowest BCUT2D eigenvalue weighted by Gasteiger charge is -2.37. The van der Waals surface area contributed by atoms with E-state index in [0.29, 0.717) is 31.7 Å². The van der Waals surface area contributed by atoms with Gasteiger partial charge in [0.05, 0.1) is 4.92 Å². The molecule has 0 spiro atoms. The highest BCUT2D eigenvalue weighted by atomic mass is 16.6. The number of non-ortho nitro benzene ring substituents is 1. The lowest BCUT2D eigenvalue weighted by Crippen LogP contribution is -2.56. The summed E-state index contributed by atoms with van der Waals surface area (Å²) < 4.78 is 5.35. The van der Waals surface area contributed by atoms with Gasteiger partial charge in [-0.3, -0.25) is 14.9 Å². The van der Waals surface area contributed by atoms with Crippen molar-refractivity contribution in [3.8, 4) is 0 Å². The van der Waals surface area contributed by atoms with E-state index in [0.717, 1.165) is 5.69 Å². The van der Waals surface area contributed by atoms with Gasteiger partial charge in [-0.15, -0.1) is 0 Å². The van der Waals surface area contributed by atoms with Crippen LogP contribution in [-0.4, -0.2) is 59.6 Å². The van der Waals surface area contributed by atoms with Crippen molar-refractivity contribution in [3.63, 3.8) is 0 Å². The second-order valence-electron chi connectivity index (χ2n) is 8.97. The summed E-state index contributed by atoms with van der Waals surface area (Å²) in [4.78, 5) is 40.2. The zero-order chi connectivity index (χ0) is 24.0. The first-order chi connectivity index (χ1) is 15.6. The molecular formula is C24H30N4O5. The molecule has 2 aromatic carbocycles. The molecule has 1 fully saturated rings. The van der Waals surface area contributed by atoms with Crippen molar-refractivity contribution in [1.82, 2.24) is 10.2 Å². The summed E-state index contributed by atoms with van der Waals surface area (Å²) in [6.45, 7) is 7.69. The molecular weight excluding hydrogens is 424 g/mol. The van der Waals surface area contributed by atoms with Crippen molar-refractivity contribution in [2.75, 3.05) is 31.1 Å². The number of benzene rings is 2. The average Bonchev–Trinajstić information content (AvgIpc) is 2.78. The van der Waals surface area contributed by atoms with E-state index in [1.807, 2.05) is 30.3 Å². The smallest absolute Gasteiger partial charge is 0.408 e. The molecule has 9 heteroatoms. The number of alkyl carbamates (subject to hydrolysis) is 1. The second-order valence-corrected chi connectivity index (χ2v) is 8.97. The first-order valence-electron chi connectivity index (χ1n) is 10.9. The Morgan fingerprint density at radius 2 is 1.64 bits per heavy atom. The number of nitro benzene ring substituents is 1. The number of rotatable bonds is 6. The van der Waals surface area contributed by atoms with Crippen LogP contribution in [0.1, 0.15) is 26.3 Å². The fraction of sp³-hybridized carbons (Fsp3) is 0.417. The van der Waals surface area contributed by atoms with Crippen LogP contribution >= 0.6 is 0 Å². The molecule has 9 nitrogen and oxygen atoms in total. The van der Waals surface area contributed by atoms with Crippen molar-refractivity contribution in [2.24, 2.45) is 0 Å². The number of amides is 2. The van der Waals surface area contributed by atoms with Gasteiger partial charge in [0.15, 0.2) is 0 Å². The molecule has 1 saturated heterocycles. The van der Waals surface area contributed by atoms with Crippen LogP contribution in [0.2, 0.25) is 0 Å². The van der Waals surface area contributed by atoms with Crippen molar-refractivity contribution < 1.29 is 19.2 Å². The number of carbonyl (C=O) groups is 2. The minimum atomic E-state index is -0.843. The van der Waals surface area contributed by atoms with Gasteiger partial charge in [0, 0.05) is 50.4 Å². The number of nitrogens with zero attached hydrogens (tertiary/aromatic N) is 3.